The first kappa shape index (κ1) is 17.9. The normalized spacial score (nSPS) is 17.9. The van der Waals surface area contributed by atoms with E-state index < -0.39 is 0 Å². The highest BCUT2D eigenvalue weighted by atomic mass is 32.2. The van der Waals surface area contributed by atoms with Crippen LogP contribution in [0, 0.1) is 0 Å². The van der Waals surface area contributed by atoms with E-state index in [0.29, 0.717) is 19.0 Å². The summed E-state index contributed by atoms with van der Waals surface area (Å²) in [6.45, 7) is 12.9. The zero-order valence-electron chi connectivity index (χ0n) is 14.6. The molecule has 5 nitrogen and oxygen atoms in total. The number of pyridine rings is 1. The maximum absolute atomic E-state index is 5.46. The summed E-state index contributed by atoms with van der Waals surface area (Å²) >= 11 is 2.03. The number of nitrogens with one attached hydrogen (secondary N) is 1. The molecule has 0 unspecified atom stereocenters. The van der Waals surface area contributed by atoms with Gasteiger partial charge in [-0.25, -0.2) is 9.98 Å². The summed E-state index contributed by atoms with van der Waals surface area (Å²) in [7, 11) is 0. The molecule has 0 saturated carbocycles. The molecule has 0 atom stereocenters. The predicted molar refractivity (Wildman–Crippen MR) is 98.3 cm³/mol. The molecule has 1 aromatic rings. The van der Waals surface area contributed by atoms with E-state index in [4.69, 9.17) is 9.73 Å². The van der Waals surface area contributed by atoms with Crippen LogP contribution in [0.1, 0.15) is 33.3 Å². The first-order valence-corrected chi connectivity index (χ1v) is 9.27. The minimum Gasteiger partial charge on any atom is -0.478 e. The van der Waals surface area contributed by atoms with Crippen LogP contribution >= 0.6 is 11.8 Å². The maximum atomic E-state index is 5.46. The number of guanidine groups is 1. The molecule has 0 aromatic carbocycles. The molecule has 1 aromatic heterocycles. The zero-order chi connectivity index (χ0) is 16.7. The summed E-state index contributed by atoms with van der Waals surface area (Å²) in [6.07, 6.45) is 1.78. The first-order chi connectivity index (χ1) is 11.0. The topological polar surface area (TPSA) is 49.8 Å². The van der Waals surface area contributed by atoms with Gasteiger partial charge in [0.15, 0.2) is 5.96 Å². The van der Waals surface area contributed by atoms with Gasteiger partial charge < -0.3 is 15.0 Å². The van der Waals surface area contributed by atoms with Crippen molar-refractivity contribution in [2.45, 2.75) is 39.0 Å². The van der Waals surface area contributed by atoms with E-state index in [-0.39, 0.29) is 4.75 Å². The Labute approximate surface area is 143 Å². The number of aliphatic imine (C=N–C) groups is 1. The third-order valence-corrected chi connectivity index (χ3v) is 4.86. The van der Waals surface area contributed by atoms with Crippen molar-refractivity contribution in [2.75, 3.05) is 32.0 Å². The van der Waals surface area contributed by atoms with Gasteiger partial charge in [-0.1, -0.05) is 0 Å². The molecule has 1 saturated heterocycles. The van der Waals surface area contributed by atoms with E-state index in [9.17, 15) is 0 Å². The van der Waals surface area contributed by atoms with E-state index in [0.717, 1.165) is 36.9 Å². The van der Waals surface area contributed by atoms with Gasteiger partial charge in [0.05, 0.1) is 13.2 Å². The van der Waals surface area contributed by atoms with Gasteiger partial charge in [0.1, 0.15) is 0 Å². The van der Waals surface area contributed by atoms with Crippen molar-refractivity contribution in [3.8, 4) is 5.88 Å². The SMILES string of the molecule is CCNC(=NCc1ccnc(OCC)c1)N1CCSC(C)(C)C1. The van der Waals surface area contributed by atoms with Gasteiger partial charge in [-0.3, -0.25) is 0 Å². The van der Waals surface area contributed by atoms with Crippen LogP contribution in [0.15, 0.2) is 23.3 Å². The van der Waals surface area contributed by atoms with E-state index in [1.165, 1.54) is 0 Å². The summed E-state index contributed by atoms with van der Waals surface area (Å²) in [4.78, 5) is 11.4. The number of hydrogen-bond donors (Lipinski definition) is 1. The summed E-state index contributed by atoms with van der Waals surface area (Å²) < 4.78 is 5.73. The highest BCUT2D eigenvalue weighted by Gasteiger charge is 2.28. The fourth-order valence-electron chi connectivity index (χ4n) is 2.56. The Morgan fingerprint density at radius 3 is 3.00 bits per heavy atom. The molecule has 0 bridgehead atoms. The van der Waals surface area contributed by atoms with Crippen molar-refractivity contribution in [2.24, 2.45) is 4.99 Å². The van der Waals surface area contributed by atoms with Gasteiger partial charge in [-0.05, 0) is 39.3 Å². The minimum absolute atomic E-state index is 0.271. The Hall–Kier alpha value is -1.43. The first-order valence-electron chi connectivity index (χ1n) is 8.29. The lowest BCUT2D eigenvalue weighted by Gasteiger charge is -2.39. The molecule has 1 N–H and O–H groups in total. The van der Waals surface area contributed by atoms with Crippen LogP contribution in [0.25, 0.3) is 0 Å². The van der Waals surface area contributed by atoms with Crippen LogP contribution < -0.4 is 10.1 Å². The van der Waals surface area contributed by atoms with Crippen molar-refractivity contribution < 1.29 is 4.74 Å². The third-order valence-electron chi connectivity index (χ3n) is 3.56. The Bertz CT molecular complexity index is 533. The average Bonchev–Trinajstić information content (AvgIpc) is 2.51. The maximum Gasteiger partial charge on any atom is 0.213 e. The number of hydrogen-bond acceptors (Lipinski definition) is 4. The average molecular weight is 337 g/mol. The predicted octanol–water partition coefficient (Wildman–Crippen LogP) is 2.77. The van der Waals surface area contributed by atoms with Crippen LogP contribution in [-0.2, 0) is 6.54 Å². The smallest absolute Gasteiger partial charge is 0.213 e. The Kier molecular flexibility index (Phi) is 6.57. The van der Waals surface area contributed by atoms with E-state index >= 15 is 0 Å². The second-order valence-corrected chi connectivity index (χ2v) is 7.94. The molecular weight excluding hydrogens is 308 g/mol. The largest absolute Gasteiger partial charge is 0.478 e. The van der Waals surface area contributed by atoms with Crippen molar-refractivity contribution in [3.63, 3.8) is 0 Å². The summed E-state index contributed by atoms with van der Waals surface area (Å²) in [5.74, 6) is 2.80. The molecule has 6 heteroatoms. The second kappa shape index (κ2) is 8.43. The lowest BCUT2D eigenvalue weighted by Crippen LogP contribution is -2.50. The highest BCUT2D eigenvalue weighted by molar-refractivity contribution is 8.00. The van der Waals surface area contributed by atoms with E-state index in [1.807, 2.05) is 30.8 Å². The summed E-state index contributed by atoms with van der Waals surface area (Å²) in [6, 6.07) is 3.96. The van der Waals surface area contributed by atoms with Crippen LogP contribution in [0.3, 0.4) is 0 Å². The molecule has 1 aliphatic heterocycles. The molecule has 1 aliphatic rings. The third kappa shape index (κ3) is 5.61. The van der Waals surface area contributed by atoms with Crippen molar-refractivity contribution in [3.05, 3.63) is 23.9 Å². The lowest BCUT2D eigenvalue weighted by molar-refractivity contribution is 0.326. The minimum atomic E-state index is 0.271. The second-order valence-electron chi connectivity index (χ2n) is 6.14. The van der Waals surface area contributed by atoms with Crippen LogP contribution in [-0.4, -0.2) is 52.6 Å². The van der Waals surface area contributed by atoms with Crippen LogP contribution in [0.2, 0.25) is 0 Å². The fraction of sp³-hybridized carbons (Fsp3) is 0.647. The Morgan fingerprint density at radius 1 is 1.48 bits per heavy atom. The molecule has 0 aliphatic carbocycles. The molecular formula is C17H28N4OS. The molecule has 2 heterocycles. The van der Waals surface area contributed by atoms with Gasteiger partial charge in [0.25, 0.3) is 0 Å². The number of ether oxygens (including phenoxy) is 1. The number of nitrogens with zero attached hydrogens (tertiary/aromatic N) is 3. The molecule has 23 heavy (non-hydrogen) atoms. The molecule has 0 amide bonds. The van der Waals surface area contributed by atoms with Gasteiger partial charge in [0.2, 0.25) is 5.88 Å². The summed E-state index contributed by atoms with van der Waals surface area (Å²) in [5, 5.41) is 3.42. The van der Waals surface area contributed by atoms with Gasteiger partial charge in [0, 0.05) is 42.4 Å². The standard InChI is InChI=1S/C17H28N4OS/c1-5-18-16(21-9-10-23-17(3,4)13-21)20-12-14-7-8-19-15(11-14)22-6-2/h7-8,11H,5-6,9-10,12-13H2,1-4H3,(H,18,20). The van der Waals surface area contributed by atoms with Crippen LogP contribution in [0.5, 0.6) is 5.88 Å². The monoisotopic (exact) mass is 336 g/mol. The van der Waals surface area contributed by atoms with Gasteiger partial charge >= 0.3 is 0 Å². The van der Waals surface area contributed by atoms with Crippen molar-refractivity contribution >= 4 is 17.7 Å². The molecule has 128 valence electrons. The van der Waals surface area contributed by atoms with Gasteiger partial charge in [-0.15, -0.1) is 0 Å². The zero-order valence-corrected chi connectivity index (χ0v) is 15.4. The van der Waals surface area contributed by atoms with Crippen LogP contribution in [0.4, 0.5) is 0 Å². The molecule has 0 radical (unpaired) electrons. The number of thioether (sulfide) groups is 1. The van der Waals surface area contributed by atoms with Crippen molar-refractivity contribution in [1.29, 1.82) is 0 Å². The number of aromatic nitrogens is 1. The Morgan fingerprint density at radius 2 is 2.30 bits per heavy atom. The van der Waals surface area contributed by atoms with Crippen molar-refractivity contribution in [1.82, 2.24) is 15.2 Å². The molecule has 0 spiro atoms. The quantitative estimate of drug-likeness (QED) is 0.662. The fourth-order valence-corrected chi connectivity index (χ4v) is 3.68. The molecule has 2 rings (SSSR count). The molecule has 1 fully saturated rings. The Balaban J connectivity index is 2.07. The van der Waals surface area contributed by atoms with E-state index in [1.54, 1.807) is 6.20 Å². The summed E-state index contributed by atoms with van der Waals surface area (Å²) in [5.41, 5.74) is 1.12. The highest BCUT2D eigenvalue weighted by Crippen LogP contribution is 2.29. The van der Waals surface area contributed by atoms with E-state index in [2.05, 4.69) is 36.0 Å². The van der Waals surface area contributed by atoms with Gasteiger partial charge in [-0.2, -0.15) is 11.8 Å². The lowest BCUT2D eigenvalue weighted by atomic mass is 10.2. The number of rotatable bonds is 5.